The van der Waals surface area contributed by atoms with Crippen molar-refractivity contribution in [1.82, 2.24) is 20.0 Å². The Labute approximate surface area is 188 Å². The minimum Gasteiger partial charge on any atom is -0.271 e. The predicted octanol–water partition coefficient (Wildman–Crippen LogP) is 5.07. The normalized spacial score (nSPS) is 13.9. The minimum atomic E-state index is 0.0443. The van der Waals surface area contributed by atoms with Gasteiger partial charge < -0.3 is 0 Å². The Bertz CT molecular complexity index is 1210. The monoisotopic (exact) mass is 420 g/mol. The maximum Gasteiger partial charge on any atom is 0.268 e. The average molecular weight is 421 g/mol. The molecular formula is C27H24N4O. The average Bonchev–Trinajstić information content (AvgIpc) is 3.33. The highest BCUT2D eigenvalue weighted by Crippen LogP contribution is 2.24. The number of aromatic nitrogens is 2. The maximum atomic E-state index is 13.4. The SMILES string of the molecule is O=C(c1cccc(-c2ccccc2)c1)N1CCCN1Cc1cccc(-c2ncccn2)c1. The van der Waals surface area contributed by atoms with Crippen LogP contribution in [0.1, 0.15) is 22.3 Å². The molecule has 1 saturated heterocycles. The zero-order chi connectivity index (χ0) is 21.8. The number of carbonyl (C=O) groups excluding carboxylic acids is 1. The van der Waals surface area contributed by atoms with E-state index < -0.39 is 0 Å². The van der Waals surface area contributed by atoms with Crippen LogP contribution in [0.4, 0.5) is 0 Å². The molecule has 0 spiro atoms. The Hall–Kier alpha value is -3.83. The maximum absolute atomic E-state index is 13.4. The Morgan fingerprint density at radius 2 is 1.50 bits per heavy atom. The van der Waals surface area contributed by atoms with Gasteiger partial charge in [-0.1, -0.05) is 60.7 Å². The molecule has 0 radical (unpaired) electrons. The van der Waals surface area contributed by atoms with Crippen molar-refractivity contribution in [2.45, 2.75) is 13.0 Å². The largest absolute Gasteiger partial charge is 0.271 e. The van der Waals surface area contributed by atoms with Crippen LogP contribution in [0.2, 0.25) is 0 Å². The number of hydrogen-bond acceptors (Lipinski definition) is 4. The van der Waals surface area contributed by atoms with E-state index in [-0.39, 0.29) is 5.91 Å². The predicted molar refractivity (Wildman–Crippen MR) is 125 cm³/mol. The van der Waals surface area contributed by atoms with Crippen molar-refractivity contribution in [1.29, 1.82) is 0 Å². The van der Waals surface area contributed by atoms with E-state index in [0.29, 0.717) is 17.9 Å². The Balaban J connectivity index is 1.35. The van der Waals surface area contributed by atoms with Crippen molar-refractivity contribution >= 4 is 5.91 Å². The smallest absolute Gasteiger partial charge is 0.268 e. The lowest BCUT2D eigenvalue weighted by Crippen LogP contribution is -2.40. The molecule has 3 aromatic carbocycles. The highest BCUT2D eigenvalue weighted by Gasteiger charge is 2.27. The topological polar surface area (TPSA) is 49.3 Å². The second kappa shape index (κ2) is 9.12. The van der Waals surface area contributed by atoms with Gasteiger partial charge in [-0.25, -0.2) is 15.0 Å². The van der Waals surface area contributed by atoms with Gasteiger partial charge in [-0.2, -0.15) is 0 Å². The van der Waals surface area contributed by atoms with Crippen molar-refractivity contribution in [3.8, 4) is 22.5 Å². The highest BCUT2D eigenvalue weighted by atomic mass is 16.2. The van der Waals surface area contributed by atoms with E-state index in [1.807, 2.05) is 65.7 Å². The van der Waals surface area contributed by atoms with Crippen molar-refractivity contribution in [2.75, 3.05) is 13.1 Å². The van der Waals surface area contributed by atoms with Gasteiger partial charge in [0.05, 0.1) is 0 Å². The molecule has 5 heteroatoms. The molecule has 0 aliphatic carbocycles. The molecule has 158 valence electrons. The number of rotatable bonds is 5. The summed E-state index contributed by atoms with van der Waals surface area (Å²) in [4.78, 5) is 22.1. The number of nitrogens with zero attached hydrogens (tertiary/aromatic N) is 4. The summed E-state index contributed by atoms with van der Waals surface area (Å²) in [6, 6.07) is 28.1. The number of benzene rings is 3. The summed E-state index contributed by atoms with van der Waals surface area (Å²) in [6.07, 6.45) is 4.46. The van der Waals surface area contributed by atoms with Crippen LogP contribution >= 0.6 is 0 Å². The molecule has 1 aliphatic rings. The van der Waals surface area contributed by atoms with E-state index in [0.717, 1.165) is 41.8 Å². The van der Waals surface area contributed by atoms with E-state index in [2.05, 4.69) is 39.2 Å². The summed E-state index contributed by atoms with van der Waals surface area (Å²) in [5.74, 6) is 0.754. The molecule has 0 unspecified atom stereocenters. The first-order valence-electron chi connectivity index (χ1n) is 10.9. The van der Waals surface area contributed by atoms with E-state index in [1.54, 1.807) is 12.4 Å². The molecular weight excluding hydrogens is 396 g/mol. The molecule has 1 aromatic heterocycles. The van der Waals surface area contributed by atoms with Gasteiger partial charge >= 0.3 is 0 Å². The van der Waals surface area contributed by atoms with Gasteiger partial charge in [0.2, 0.25) is 0 Å². The van der Waals surface area contributed by atoms with Crippen LogP contribution in [0.3, 0.4) is 0 Å². The van der Waals surface area contributed by atoms with Gasteiger partial charge in [0, 0.05) is 43.2 Å². The van der Waals surface area contributed by atoms with Gasteiger partial charge in [-0.3, -0.25) is 9.80 Å². The lowest BCUT2D eigenvalue weighted by atomic mass is 10.0. The van der Waals surface area contributed by atoms with Crippen molar-refractivity contribution < 1.29 is 4.79 Å². The summed E-state index contributed by atoms with van der Waals surface area (Å²) in [5.41, 5.74) is 4.99. The third-order valence-electron chi connectivity index (χ3n) is 5.69. The minimum absolute atomic E-state index is 0.0443. The summed E-state index contributed by atoms with van der Waals surface area (Å²) >= 11 is 0. The quantitative estimate of drug-likeness (QED) is 0.452. The first-order valence-corrected chi connectivity index (χ1v) is 10.9. The molecule has 1 aliphatic heterocycles. The van der Waals surface area contributed by atoms with Crippen LogP contribution in [-0.4, -0.2) is 39.0 Å². The number of hydrogen-bond donors (Lipinski definition) is 0. The molecule has 0 atom stereocenters. The van der Waals surface area contributed by atoms with Crippen LogP contribution in [0.5, 0.6) is 0 Å². The number of amides is 1. The van der Waals surface area contributed by atoms with Gasteiger partial charge in [-0.05, 0) is 47.4 Å². The molecule has 1 amide bonds. The van der Waals surface area contributed by atoms with Crippen molar-refractivity contribution in [2.24, 2.45) is 0 Å². The standard InChI is InChI=1S/C27H24N4O/c32-27(25-13-5-11-23(19-25)22-9-2-1-3-10-22)31-17-7-16-30(31)20-21-8-4-12-24(18-21)26-28-14-6-15-29-26/h1-6,8-15,18-19H,7,16-17,20H2. The second-order valence-electron chi connectivity index (χ2n) is 7.89. The zero-order valence-electron chi connectivity index (χ0n) is 17.8. The van der Waals surface area contributed by atoms with Gasteiger partial charge in [0.15, 0.2) is 5.82 Å². The van der Waals surface area contributed by atoms with Crippen LogP contribution in [0.15, 0.2) is 97.3 Å². The molecule has 32 heavy (non-hydrogen) atoms. The molecule has 2 heterocycles. The summed E-state index contributed by atoms with van der Waals surface area (Å²) < 4.78 is 0. The van der Waals surface area contributed by atoms with E-state index >= 15 is 0 Å². The van der Waals surface area contributed by atoms with Crippen molar-refractivity contribution in [3.05, 3.63) is 108 Å². The second-order valence-corrected chi connectivity index (χ2v) is 7.89. The van der Waals surface area contributed by atoms with Gasteiger partial charge in [0.25, 0.3) is 5.91 Å². The number of carbonyl (C=O) groups is 1. The Morgan fingerprint density at radius 3 is 2.34 bits per heavy atom. The molecule has 5 rings (SSSR count). The van der Waals surface area contributed by atoms with Crippen LogP contribution < -0.4 is 0 Å². The van der Waals surface area contributed by atoms with Gasteiger partial charge in [0.1, 0.15) is 0 Å². The fourth-order valence-electron chi connectivity index (χ4n) is 4.14. The highest BCUT2D eigenvalue weighted by molar-refractivity contribution is 5.95. The third-order valence-corrected chi connectivity index (χ3v) is 5.69. The van der Waals surface area contributed by atoms with E-state index in [9.17, 15) is 4.79 Å². The summed E-state index contributed by atoms with van der Waals surface area (Å²) in [5, 5.41) is 4.03. The molecule has 4 aromatic rings. The van der Waals surface area contributed by atoms with Crippen LogP contribution in [-0.2, 0) is 6.54 Å². The molecule has 0 N–H and O–H groups in total. The van der Waals surface area contributed by atoms with Gasteiger partial charge in [-0.15, -0.1) is 0 Å². The fraction of sp³-hybridized carbons (Fsp3) is 0.148. The molecule has 0 saturated carbocycles. The lowest BCUT2D eigenvalue weighted by Gasteiger charge is -2.28. The summed E-state index contributed by atoms with van der Waals surface area (Å²) in [7, 11) is 0. The first kappa shape index (κ1) is 20.1. The summed E-state index contributed by atoms with van der Waals surface area (Å²) in [6.45, 7) is 2.26. The van der Waals surface area contributed by atoms with E-state index in [1.165, 1.54) is 0 Å². The fourth-order valence-corrected chi connectivity index (χ4v) is 4.14. The lowest BCUT2D eigenvalue weighted by molar-refractivity contribution is 0.0170. The zero-order valence-corrected chi connectivity index (χ0v) is 17.8. The molecule has 0 bridgehead atoms. The van der Waals surface area contributed by atoms with Crippen LogP contribution in [0.25, 0.3) is 22.5 Å². The Kier molecular flexibility index (Phi) is 5.73. The van der Waals surface area contributed by atoms with Crippen LogP contribution in [0, 0.1) is 0 Å². The first-order chi connectivity index (χ1) is 15.8. The number of hydrazine groups is 1. The Morgan fingerprint density at radius 1 is 0.750 bits per heavy atom. The third kappa shape index (κ3) is 4.29. The molecule has 1 fully saturated rings. The molecule has 5 nitrogen and oxygen atoms in total. The van der Waals surface area contributed by atoms with E-state index in [4.69, 9.17) is 0 Å². The van der Waals surface area contributed by atoms with Crippen molar-refractivity contribution in [3.63, 3.8) is 0 Å².